The highest BCUT2D eigenvalue weighted by atomic mass is 35.5. The Bertz CT molecular complexity index is 951. The number of hydrogen-bond acceptors (Lipinski definition) is 5. The molecule has 0 aromatic heterocycles. The minimum atomic E-state index is -0.492. The summed E-state index contributed by atoms with van der Waals surface area (Å²) in [6, 6.07) is 20.9. The smallest absolute Gasteiger partial charge is 0.319 e. The van der Waals surface area contributed by atoms with Crippen LogP contribution in [0.15, 0.2) is 80.9 Å². The van der Waals surface area contributed by atoms with Crippen LogP contribution in [0.1, 0.15) is 30.5 Å². The van der Waals surface area contributed by atoms with Crippen molar-refractivity contribution in [1.29, 1.82) is 0 Å². The minimum absolute atomic E-state index is 0.112. The zero-order chi connectivity index (χ0) is 23.8. The maximum absolute atomic E-state index is 11.9. The van der Waals surface area contributed by atoms with Gasteiger partial charge in [0.25, 0.3) is 0 Å². The normalized spacial score (nSPS) is 15.4. The number of nitrogens with zero attached hydrogens (tertiary/aromatic N) is 3. The Labute approximate surface area is 214 Å². The van der Waals surface area contributed by atoms with Crippen LogP contribution in [0, 0.1) is 10.1 Å². The molecule has 9 heteroatoms. The molecule has 176 valence electrons. The molecular weight excluding hydrogens is 501 g/mol. The molecule has 0 unspecified atom stereocenters. The summed E-state index contributed by atoms with van der Waals surface area (Å²) in [5.41, 5.74) is 2.21. The molecule has 1 heterocycles. The average Bonchev–Trinajstić information content (AvgIpc) is 2.83. The molecule has 0 aliphatic carbocycles. The van der Waals surface area contributed by atoms with Crippen molar-refractivity contribution in [3.63, 3.8) is 0 Å². The highest BCUT2D eigenvalue weighted by molar-refractivity contribution is 8.03. The molecule has 1 fully saturated rings. The molecule has 0 N–H and O–H groups in total. The Morgan fingerprint density at radius 2 is 1.48 bits per heavy atom. The van der Waals surface area contributed by atoms with Crippen molar-refractivity contribution in [2.75, 3.05) is 31.9 Å². The summed E-state index contributed by atoms with van der Waals surface area (Å²) >= 11 is 19.2. The van der Waals surface area contributed by atoms with Crippen LogP contribution in [0.5, 0.6) is 0 Å². The SMILES string of the molecule is CCCSC(=C(C(Cl)=C(Cl)Cl)[N+](=O)[O-])N1CCN(C(c2ccccc2)c2ccccc2)CC1. The Hall–Kier alpha value is -1.70. The van der Waals surface area contributed by atoms with E-state index in [1.54, 1.807) is 0 Å². The van der Waals surface area contributed by atoms with Crippen molar-refractivity contribution < 1.29 is 4.92 Å². The second-order valence-corrected chi connectivity index (χ2v) is 9.99. The first-order chi connectivity index (χ1) is 15.9. The Morgan fingerprint density at radius 3 is 1.91 bits per heavy atom. The fourth-order valence-corrected chi connectivity index (χ4v) is 5.39. The van der Waals surface area contributed by atoms with Crippen molar-refractivity contribution in [2.45, 2.75) is 19.4 Å². The first kappa shape index (κ1) is 25.9. The fourth-order valence-electron chi connectivity index (χ4n) is 3.92. The van der Waals surface area contributed by atoms with E-state index in [1.807, 2.05) is 24.0 Å². The molecule has 33 heavy (non-hydrogen) atoms. The third kappa shape index (κ3) is 6.67. The van der Waals surface area contributed by atoms with E-state index >= 15 is 0 Å². The third-order valence-electron chi connectivity index (χ3n) is 5.40. The quantitative estimate of drug-likeness (QED) is 0.203. The van der Waals surface area contributed by atoms with E-state index in [-0.39, 0.29) is 21.3 Å². The summed E-state index contributed by atoms with van der Waals surface area (Å²) in [5.74, 6) is 0.730. The Balaban J connectivity index is 1.89. The number of allylic oxidation sites excluding steroid dienone is 1. The van der Waals surface area contributed by atoms with Gasteiger partial charge in [0.1, 0.15) is 4.49 Å². The van der Waals surface area contributed by atoms with E-state index in [1.165, 1.54) is 22.9 Å². The lowest BCUT2D eigenvalue weighted by atomic mass is 9.96. The number of halogens is 3. The van der Waals surface area contributed by atoms with Crippen LogP contribution in [-0.2, 0) is 0 Å². The predicted molar refractivity (Wildman–Crippen MR) is 139 cm³/mol. The van der Waals surface area contributed by atoms with Gasteiger partial charge < -0.3 is 4.90 Å². The molecular formula is C24H26Cl3N3O2S. The van der Waals surface area contributed by atoms with Crippen LogP contribution >= 0.6 is 46.6 Å². The van der Waals surface area contributed by atoms with Gasteiger partial charge in [-0.05, 0) is 23.3 Å². The van der Waals surface area contributed by atoms with Crippen LogP contribution in [0.25, 0.3) is 0 Å². The number of rotatable bonds is 9. The van der Waals surface area contributed by atoms with E-state index in [4.69, 9.17) is 34.8 Å². The second kappa shape index (κ2) is 12.7. The third-order valence-corrected chi connectivity index (χ3v) is 7.68. The van der Waals surface area contributed by atoms with E-state index in [9.17, 15) is 10.1 Å². The highest BCUT2D eigenvalue weighted by Crippen LogP contribution is 2.36. The Morgan fingerprint density at radius 1 is 0.970 bits per heavy atom. The molecule has 1 aliphatic heterocycles. The summed E-state index contributed by atoms with van der Waals surface area (Å²) < 4.78 is -0.301. The lowest BCUT2D eigenvalue weighted by molar-refractivity contribution is -0.421. The van der Waals surface area contributed by atoms with Gasteiger partial charge in [0.05, 0.1) is 11.0 Å². The van der Waals surface area contributed by atoms with E-state index < -0.39 is 4.92 Å². The molecule has 0 bridgehead atoms. The maximum atomic E-state index is 11.9. The van der Waals surface area contributed by atoms with Crippen LogP contribution in [-0.4, -0.2) is 46.7 Å². The van der Waals surface area contributed by atoms with Crippen LogP contribution < -0.4 is 0 Å². The fraction of sp³-hybridized carbons (Fsp3) is 0.333. The van der Waals surface area contributed by atoms with E-state index in [0.29, 0.717) is 18.1 Å². The average molecular weight is 527 g/mol. The molecule has 0 atom stereocenters. The molecule has 1 saturated heterocycles. The van der Waals surface area contributed by atoms with Gasteiger partial charge in [-0.25, -0.2) is 0 Å². The molecule has 0 spiro atoms. The van der Waals surface area contributed by atoms with Gasteiger partial charge in [-0.1, -0.05) is 102 Å². The van der Waals surface area contributed by atoms with Gasteiger partial charge in [0.2, 0.25) is 0 Å². The number of nitro groups is 1. The summed E-state index contributed by atoms with van der Waals surface area (Å²) in [7, 11) is 0. The predicted octanol–water partition coefficient (Wildman–Crippen LogP) is 6.87. The minimum Gasteiger partial charge on any atom is -0.358 e. The van der Waals surface area contributed by atoms with Gasteiger partial charge >= 0.3 is 5.70 Å². The van der Waals surface area contributed by atoms with Crippen molar-refractivity contribution in [2.24, 2.45) is 0 Å². The molecule has 0 saturated carbocycles. The van der Waals surface area contributed by atoms with E-state index in [0.717, 1.165) is 25.3 Å². The zero-order valence-electron chi connectivity index (χ0n) is 18.3. The molecule has 1 aliphatic rings. The van der Waals surface area contributed by atoms with Gasteiger partial charge in [0, 0.05) is 26.2 Å². The zero-order valence-corrected chi connectivity index (χ0v) is 21.4. The first-order valence-electron chi connectivity index (χ1n) is 10.8. The maximum Gasteiger partial charge on any atom is 0.319 e. The number of hydrogen-bond donors (Lipinski definition) is 0. The summed E-state index contributed by atoms with van der Waals surface area (Å²) in [5, 5.41) is 12.2. The van der Waals surface area contributed by atoms with Crippen molar-refractivity contribution in [3.8, 4) is 0 Å². The van der Waals surface area contributed by atoms with Crippen molar-refractivity contribution >= 4 is 46.6 Å². The van der Waals surface area contributed by atoms with Crippen LogP contribution in [0.3, 0.4) is 0 Å². The van der Waals surface area contributed by atoms with Crippen molar-refractivity contribution in [3.05, 3.63) is 102 Å². The molecule has 2 aromatic rings. The largest absolute Gasteiger partial charge is 0.358 e. The molecule has 0 amide bonds. The lowest BCUT2D eigenvalue weighted by Gasteiger charge is -2.41. The number of thioether (sulfide) groups is 1. The molecule has 0 radical (unpaired) electrons. The van der Waals surface area contributed by atoms with Gasteiger partial charge in [-0.15, -0.1) is 11.8 Å². The standard InChI is InChI=1S/C24H26Cl3N3O2S/c1-2-17-33-24(22(30(31)32)20(25)23(26)27)29-15-13-28(14-16-29)21(18-9-5-3-6-10-18)19-11-7-4-8-12-19/h3-12,21H,2,13-17H2,1H3. The molecule has 3 rings (SSSR count). The Kier molecular flexibility index (Phi) is 9.95. The first-order valence-corrected chi connectivity index (χ1v) is 12.9. The van der Waals surface area contributed by atoms with Crippen LogP contribution in [0.4, 0.5) is 0 Å². The van der Waals surface area contributed by atoms with E-state index in [2.05, 4.69) is 53.4 Å². The monoisotopic (exact) mass is 525 g/mol. The number of piperazine rings is 1. The lowest BCUT2D eigenvalue weighted by Crippen LogP contribution is -2.47. The van der Waals surface area contributed by atoms with Crippen LogP contribution in [0.2, 0.25) is 0 Å². The van der Waals surface area contributed by atoms with Gasteiger partial charge in [0.15, 0.2) is 10.1 Å². The summed E-state index contributed by atoms with van der Waals surface area (Å²) in [4.78, 5) is 15.9. The molecule has 5 nitrogen and oxygen atoms in total. The van der Waals surface area contributed by atoms with Crippen molar-refractivity contribution in [1.82, 2.24) is 9.80 Å². The van der Waals surface area contributed by atoms with Gasteiger partial charge in [-0.2, -0.15) is 0 Å². The van der Waals surface area contributed by atoms with Gasteiger partial charge in [-0.3, -0.25) is 15.0 Å². The summed E-state index contributed by atoms with van der Waals surface area (Å²) in [6.07, 6.45) is 0.874. The topological polar surface area (TPSA) is 49.6 Å². The molecule has 2 aromatic carbocycles. The summed E-state index contributed by atoms with van der Waals surface area (Å²) in [6.45, 7) is 4.77. The highest BCUT2D eigenvalue weighted by Gasteiger charge is 2.33. The number of benzene rings is 2. The second-order valence-electron chi connectivity index (χ2n) is 7.58.